The highest BCUT2D eigenvalue weighted by Gasteiger charge is 2.17. The molecule has 0 bridgehead atoms. The van der Waals surface area contributed by atoms with Crippen LogP contribution in [0.25, 0.3) is 5.70 Å². The fourth-order valence-corrected chi connectivity index (χ4v) is 3.67. The van der Waals surface area contributed by atoms with E-state index in [0.29, 0.717) is 27.0 Å². The second-order valence-electron chi connectivity index (χ2n) is 7.55. The van der Waals surface area contributed by atoms with E-state index in [1.165, 1.54) is 18.1 Å². The molecule has 0 radical (unpaired) electrons. The van der Waals surface area contributed by atoms with Crippen molar-refractivity contribution in [2.45, 2.75) is 19.3 Å². The van der Waals surface area contributed by atoms with Gasteiger partial charge in [0, 0.05) is 27.0 Å². The smallest absolute Gasteiger partial charge is 0.257 e. The van der Waals surface area contributed by atoms with Gasteiger partial charge in [-0.25, -0.2) is 0 Å². The summed E-state index contributed by atoms with van der Waals surface area (Å²) < 4.78 is 0. The summed E-state index contributed by atoms with van der Waals surface area (Å²) in [7, 11) is 0. The van der Waals surface area contributed by atoms with Crippen LogP contribution in [0.2, 0.25) is 10.0 Å². The Bertz CT molecular complexity index is 1200. The van der Waals surface area contributed by atoms with E-state index in [9.17, 15) is 9.59 Å². The van der Waals surface area contributed by atoms with Gasteiger partial charge in [0.05, 0.1) is 11.3 Å². The first-order valence-corrected chi connectivity index (χ1v) is 10.9. The second kappa shape index (κ2) is 9.47. The monoisotopic (exact) mass is 465 g/mol. The van der Waals surface area contributed by atoms with Crippen molar-refractivity contribution in [1.29, 1.82) is 0 Å². The summed E-state index contributed by atoms with van der Waals surface area (Å²) in [5, 5.41) is 6.53. The van der Waals surface area contributed by atoms with Crippen molar-refractivity contribution in [3.63, 3.8) is 0 Å². The molecule has 0 spiro atoms. The second-order valence-corrected chi connectivity index (χ2v) is 8.43. The average molecular weight is 466 g/mol. The number of carbonyl (C=O) groups excluding carboxylic acids is 2. The predicted octanol–water partition coefficient (Wildman–Crippen LogP) is 6.35. The highest BCUT2D eigenvalue weighted by Crippen LogP contribution is 2.31. The van der Waals surface area contributed by atoms with Crippen molar-refractivity contribution >= 4 is 52.1 Å². The van der Waals surface area contributed by atoms with E-state index in [1.807, 2.05) is 12.1 Å². The average Bonchev–Trinajstić information content (AvgIpc) is 2.75. The van der Waals surface area contributed by atoms with Crippen LogP contribution in [0.1, 0.15) is 45.5 Å². The van der Waals surface area contributed by atoms with E-state index >= 15 is 0 Å². The van der Waals surface area contributed by atoms with Gasteiger partial charge in [-0.05, 0) is 85.0 Å². The summed E-state index contributed by atoms with van der Waals surface area (Å²) in [6.07, 6.45) is 3.24. The van der Waals surface area contributed by atoms with Gasteiger partial charge in [-0.15, -0.1) is 0 Å². The maximum absolute atomic E-state index is 12.8. The minimum Gasteiger partial charge on any atom is -0.398 e. The number of halogens is 2. The first-order valence-electron chi connectivity index (χ1n) is 10.2. The number of allylic oxidation sites excluding steroid dienone is 1. The molecule has 1 fully saturated rings. The van der Waals surface area contributed by atoms with Gasteiger partial charge < -0.3 is 16.4 Å². The highest BCUT2D eigenvalue weighted by atomic mass is 35.5. The van der Waals surface area contributed by atoms with Gasteiger partial charge in [0.1, 0.15) is 0 Å². The lowest BCUT2D eigenvalue weighted by Gasteiger charge is -2.19. The standard InChI is InChI=1S/C25H21Cl2N3O2/c26-18-8-11-20(12-9-18)29-25(32)21-14-19(27)10-13-22(21)30-24(31)17-6-4-16(5-7-17)23(28)15-2-1-3-15/h4-14H,1-3,28H2,(H,29,32)(H,30,31). The van der Waals surface area contributed by atoms with Crippen molar-refractivity contribution in [3.05, 3.63) is 99.0 Å². The molecule has 0 aliphatic heterocycles. The molecule has 0 unspecified atom stereocenters. The van der Waals surface area contributed by atoms with Crippen LogP contribution in [-0.2, 0) is 0 Å². The lowest BCUT2D eigenvalue weighted by atomic mass is 9.88. The third-order valence-corrected chi connectivity index (χ3v) is 5.86. The number of nitrogens with two attached hydrogens (primary N) is 1. The number of carbonyl (C=O) groups is 2. The van der Waals surface area contributed by atoms with Crippen LogP contribution in [0.3, 0.4) is 0 Å². The van der Waals surface area contributed by atoms with Crippen LogP contribution in [-0.4, -0.2) is 11.8 Å². The van der Waals surface area contributed by atoms with E-state index in [0.717, 1.165) is 24.1 Å². The Morgan fingerprint density at radius 2 is 1.38 bits per heavy atom. The van der Waals surface area contributed by atoms with Crippen LogP contribution < -0.4 is 16.4 Å². The molecule has 0 atom stereocenters. The van der Waals surface area contributed by atoms with Gasteiger partial charge in [0.25, 0.3) is 11.8 Å². The van der Waals surface area contributed by atoms with Crippen molar-refractivity contribution in [2.24, 2.45) is 5.73 Å². The number of hydrogen-bond acceptors (Lipinski definition) is 3. The zero-order valence-corrected chi connectivity index (χ0v) is 18.6. The number of nitrogens with one attached hydrogen (secondary N) is 2. The number of benzene rings is 3. The summed E-state index contributed by atoms with van der Waals surface area (Å²) in [5.74, 6) is -0.741. The van der Waals surface area contributed by atoms with Crippen LogP contribution in [0.5, 0.6) is 0 Å². The quantitative estimate of drug-likeness (QED) is 0.410. The Morgan fingerprint density at radius 1 is 0.750 bits per heavy atom. The van der Waals surface area contributed by atoms with Crippen LogP contribution >= 0.6 is 23.2 Å². The molecule has 0 heterocycles. The van der Waals surface area contributed by atoms with Gasteiger partial charge in [0.15, 0.2) is 0 Å². The molecular formula is C25H21Cl2N3O2. The highest BCUT2D eigenvalue weighted by molar-refractivity contribution is 6.31. The van der Waals surface area contributed by atoms with Gasteiger partial charge in [-0.2, -0.15) is 0 Å². The summed E-state index contributed by atoms with van der Waals surface area (Å²) in [6, 6.07) is 18.6. The predicted molar refractivity (Wildman–Crippen MR) is 130 cm³/mol. The zero-order valence-electron chi connectivity index (χ0n) is 17.1. The largest absolute Gasteiger partial charge is 0.398 e. The molecule has 1 aliphatic carbocycles. The molecule has 7 heteroatoms. The fraction of sp³-hybridized carbons (Fsp3) is 0.120. The first kappa shape index (κ1) is 21.9. The molecule has 5 nitrogen and oxygen atoms in total. The summed E-state index contributed by atoms with van der Waals surface area (Å²) >= 11 is 12.0. The molecule has 3 aromatic rings. The molecule has 162 valence electrons. The Morgan fingerprint density at radius 3 is 2.00 bits per heavy atom. The molecule has 4 rings (SSSR count). The minimum absolute atomic E-state index is 0.247. The lowest BCUT2D eigenvalue weighted by molar-refractivity contribution is 0.102. The molecule has 1 aliphatic rings. The van der Waals surface area contributed by atoms with Crippen LogP contribution in [0, 0.1) is 0 Å². The summed E-state index contributed by atoms with van der Waals surface area (Å²) in [4.78, 5) is 25.7. The van der Waals surface area contributed by atoms with E-state index in [2.05, 4.69) is 10.6 Å². The topological polar surface area (TPSA) is 84.2 Å². The normalized spacial score (nSPS) is 12.6. The molecule has 2 amide bonds. The van der Waals surface area contributed by atoms with E-state index < -0.39 is 5.91 Å². The molecule has 4 N–H and O–H groups in total. The van der Waals surface area contributed by atoms with Crippen molar-refractivity contribution in [3.8, 4) is 0 Å². The Labute approximate surface area is 196 Å². The Kier molecular flexibility index (Phi) is 6.49. The van der Waals surface area contributed by atoms with E-state index in [4.69, 9.17) is 28.9 Å². The summed E-state index contributed by atoms with van der Waals surface area (Å²) in [5.41, 5.74) is 10.8. The van der Waals surface area contributed by atoms with Crippen molar-refractivity contribution < 1.29 is 9.59 Å². The Hall–Kier alpha value is -3.28. The maximum atomic E-state index is 12.8. The van der Waals surface area contributed by atoms with Gasteiger partial charge >= 0.3 is 0 Å². The maximum Gasteiger partial charge on any atom is 0.257 e. The minimum atomic E-state index is -0.402. The SMILES string of the molecule is NC(=C1CCC1)c1ccc(C(=O)Nc2ccc(Cl)cc2C(=O)Nc2ccc(Cl)cc2)cc1. The third-order valence-electron chi connectivity index (χ3n) is 5.37. The fourth-order valence-electron chi connectivity index (χ4n) is 3.37. The van der Waals surface area contributed by atoms with Crippen molar-refractivity contribution in [2.75, 3.05) is 10.6 Å². The van der Waals surface area contributed by atoms with Crippen LogP contribution in [0.4, 0.5) is 11.4 Å². The van der Waals surface area contributed by atoms with Crippen LogP contribution in [0.15, 0.2) is 72.3 Å². The molecule has 0 saturated heterocycles. The van der Waals surface area contributed by atoms with Gasteiger partial charge in [-0.1, -0.05) is 35.3 Å². The van der Waals surface area contributed by atoms with Gasteiger partial charge in [0.2, 0.25) is 0 Å². The molecule has 1 saturated carbocycles. The number of amides is 2. The Balaban J connectivity index is 1.52. The van der Waals surface area contributed by atoms with Gasteiger partial charge in [-0.3, -0.25) is 9.59 Å². The van der Waals surface area contributed by atoms with E-state index in [1.54, 1.807) is 48.5 Å². The molecule has 32 heavy (non-hydrogen) atoms. The summed E-state index contributed by atoms with van der Waals surface area (Å²) in [6.45, 7) is 0. The lowest BCUT2D eigenvalue weighted by Crippen LogP contribution is -2.18. The zero-order chi connectivity index (χ0) is 22.7. The third kappa shape index (κ3) is 4.96. The number of hydrogen-bond donors (Lipinski definition) is 3. The molecule has 0 aromatic heterocycles. The number of rotatable bonds is 5. The first-order chi connectivity index (χ1) is 15.4. The number of anilines is 2. The van der Waals surface area contributed by atoms with E-state index in [-0.39, 0.29) is 11.5 Å². The van der Waals surface area contributed by atoms with Crippen molar-refractivity contribution in [1.82, 2.24) is 0 Å². The molecule has 3 aromatic carbocycles. The molecular weight excluding hydrogens is 445 g/mol.